The van der Waals surface area contributed by atoms with Gasteiger partial charge in [-0.15, -0.1) is 0 Å². The van der Waals surface area contributed by atoms with E-state index in [2.05, 4.69) is 18.2 Å². The summed E-state index contributed by atoms with van der Waals surface area (Å²) >= 11 is 0. The van der Waals surface area contributed by atoms with Crippen molar-refractivity contribution >= 4 is 18.0 Å². The number of hydrogen-bond acceptors (Lipinski definition) is 3. The van der Waals surface area contributed by atoms with Crippen molar-refractivity contribution in [1.82, 2.24) is 4.90 Å². The Morgan fingerprint density at radius 1 is 1.26 bits per heavy atom. The van der Waals surface area contributed by atoms with Crippen LogP contribution in [0.3, 0.4) is 0 Å². The number of piperidine rings is 1. The molecular formula is C19H23NO3. The molecule has 1 amide bonds. The van der Waals surface area contributed by atoms with Gasteiger partial charge in [-0.25, -0.2) is 4.79 Å². The van der Waals surface area contributed by atoms with Gasteiger partial charge in [-0.2, -0.15) is 0 Å². The molecule has 4 heteroatoms. The maximum Gasteiger partial charge on any atom is 0.328 e. The van der Waals surface area contributed by atoms with Crippen LogP contribution < -0.4 is 0 Å². The first-order chi connectivity index (χ1) is 11.2. The summed E-state index contributed by atoms with van der Waals surface area (Å²) in [5.74, 6) is -0.217. The van der Waals surface area contributed by atoms with Crippen LogP contribution >= 0.6 is 0 Å². The van der Waals surface area contributed by atoms with Crippen molar-refractivity contribution in [2.45, 2.75) is 45.1 Å². The SMILES string of the molecule is CCOC(=O)C1CCCCN1C(=O)CC1=Cc2ccccc2C1. The van der Waals surface area contributed by atoms with Gasteiger partial charge in [0, 0.05) is 13.0 Å². The molecule has 4 nitrogen and oxygen atoms in total. The largest absolute Gasteiger partial charge is 0.464 e. The molecule has 2 aliphatic rings. The van der Waals surface area contributed by atoms with Gasteiger partial charge in [0.15, 0.2) is 0 Å². The zero-order valence-corrected chi connectivity index (χ0v) is 13.6. The molecule has 0 spiro atoms. The Hall–Kier alpha value is -2.10. The first-order valence-electron chi connectivity index (χ1n) is 8.42. The van der Waals surface area contributed by atoms with Crippen LogP contribution in [-0.2, 0) is 20.7 Å². The van der Waals surface area contributed by atoms with Gasteiger partial charge in [0.25, 0.3) is 0 Å². The molecule has 1 saturated heterocycles. The summed E-state index contributed by atoms with van der Waals surface area (Å²) < 4.78 is 5.13. The molecule has 0 N–H and O–H groups in total. The summed E-state index contributed by atoms with van der Waals surface area (Å²) in [6.45, 7) is 2.81. The highest BCUT2D eigenvalue weighted by molar-refractivity contribution is 5.87. The second-order valence-electron chi connectivity index (χ2n) is 6.21. The van der Waals surface area contributed by atoms with E-state index in [-0.39, 0.29) is 11.9 Å². The Kier molecular flexibility index (Phi) is 4.79. The monoisotopic (exact) mass is 313 g/mol. The molecule has 1 aromatic carbocycles. The van der Waals surface area contributed by atoms with Crippen LogP contribution in [0, 0.1) is 0 Å². The molecular weight excluding hydrogens is 290 g/mol. The average Bonchev–Trinajstić information content (AvgIpc) is 2.97. The number of amides is 1. The molecule has 1 atom stereocenters. The van der Waals surface area contributed by atoms with Gasteiger partial charge < -0.3 is 9.64 Å². The topological polar surface area (TPSA) is 46.6 Å². The first kappa shape index (κ1) is 15.8. The summed E-state index contributed by atoms with van der Waals surface area (Å²) in [5.41, 5.74) is 3.61. The zero-order chi connectivity index (χ0) is 16.2. The molecule has 0 aromatic heterocycles. The standard InChI is InChI=1S/C19H23NO3/c1-2-23-19(22)17-9-5-6-10-20(17)18(21)13-14-11-15-7-3-4-8-16(15)12-14/h3-4,7-8,11,17H,2,5-6,9-10,12-13H2,1H3. The van der Waals surface area contributed by atoms with Gasteiger partial charge in [0.2, 0.25) is 5.91 Å². The van der Waals surface area contributed by atoms with Gasteiger partial charge in [0.1, 0.15) is 6.04 Å². The summed E-state index contributed by atoms with van der Waals surface area (Å²) in [5, 5.41) is 0. The minimum atomic E-state index is -0.402. The van der Waals surface area contributed by atoms with E-state index < -0.39 is 6.04 Å². The third kappa shape index (κ3) is 3.46. The molecule has 1 aliphatic heterocycles. The highest BCUT2D eigenvalue weighted by atomic mass is 16.5. The van der Waals surface area contributed by atoms with E-state index in [0.29, 0.717) is 26.0 Å². The Bertz CT molecular complexity index is 635. The summed E-state index contributed by atoms with van der Waals surface area (Å²) in [6.07, 6.45) is 5.98. The van der Waals surface area contributed by atoms with Crippen molar-refractivity contribution in [2.75, 3.05) is 13.2 Å². The zero-order valence-electron chi connectivity index (χ0n) is 13.6. The van der Waals surface area contributed by atoms with Gasteiger partial charge in [-0.1, -0.05) is 35.9 Å². The van der Waals surface area contributed by atoms with Crippen LogP contribution in [0.1, 0.15) is 43.7 Å². The van der Waals surface area contributed by atoms with Crippen molar-refractivity contribution in [3.8, 4) is 0 Å². The van der Waals surface area contributed by atoms with Crippen LogP contribution in [0.25, 0.3) is 6.08 Å². The van der Waals surface area contributed by atoms with Crippen LogP contribution in [-0.4, -0.2) is 36.0 Å². The molecule has 122 valence electrons. The first-order valence-corrected chi connectivity index (χ1v) is 8.42. The van der Waals surface area contributed by atoms with Crippen molar-refractivity contribution in [3.05, 3.63) is 41.0 Å². The molecule has 3 rings (SSSR count). The van der Waals surface area contributed by atoms with E-state index in [4.69, 9.17) is 4.74 Å². The fourth-order valence-electron chi connectivity index (χ4n) is 3.47. The Balaban J connectivity index is 1.66. The number of benzene rings is 1. The van der Waals surface area contributed by atoms with Gasteiger partial charge in [-0.05, 0) is 43.7 Å². The van der Waals surface area contributed by atoms with E-state index in [1.807, 2.05) is 12.1 Å². The maximum absolute atomic E-state index is 12.7. The van der Waals surface area contributed by atoms with E-state index in [1.54, 1.807) is 11.8 Å². The molecule has 1 heterocycles. The summed E-state index contributed by atoms with van der Waals surface area (Å²) in [6, 6.07) is 7.82. The molecule has 1 fully saturated rings. The third-order valence-electron chi connectivity index (χ3n) is 4.59. The van der Waals surface area contributed by atoms with Gasteiger partial charge in [-0.3, -0.25) is 4.79 Å². The minimum Gasteiger partial charge on any atom is -0.464 e. The summed E-state index contributed by atoms with van der Waals surface area (Å²) in [7, 11) is 0. The Labute approximate surface area is 137 Å². The maximum atomic E-state index is 12.7. The second kappa shape index (κ2) is 6.99. The molecule has 0 radical (unpaired) electrons. The highest BCUT2D eigenvalue weighted by Gasteiger charge is 2.33. The van der Waals surface area contributed by atoms with E-state index in [0.717, 1.165) is 24.8 Å². The second-order valence-corrected chi connectivity index (χ2v) is 6.21. The van der Waals surface area contributed by atoms with E-state index in [9.17, 15) is 9.59 Å². The highest BCUT2D eigenvalue weighted by Crippen LogP contribution is 2.28. The number of likely N-dealkylation sites (tertiary alicyclic amines) is 1. The van der Waals surface area contributed by atoms with E-state index >= 15 is 0 Å². The lowest BCUT2D eigenvalue weighted by Crippen LogP contribution is -2.48. The van der Waals surface area contributed by atoms with Crippen molar-refractivity contribution < 1.29 is 14.3 Å². The average molecular weight is 313 g/mol. The number of carbonyl (C=O) groups excluding carboxylic acids is 2. The number of hydrogen-bond donors (Lipinski definition) is 0. The lowest BCUT2D eigenvalue weighted by Gasteiger charge is -2.34. The number of nitrogens with zero attached hydrogens (tertiary/aromatic N) is 1. The number of fused-ring (bicyclic) bond motifs is 1. The Morgan fingerprint density at radius 2 is 2.09 bits per heavy atom. The quantitative estimate of drug-likeness (QED) is 0.803. The molecule has 0 bridgehead atoms. The predicted octanol–water partition coefficient (Wildman–Crippen LogP) is 2.96. The minimum absolute atomic E-state index is 0.0433. The van der Waals surface area contributed by atoms with Crippen LogP contribution in [0.2, 0.25) is 0 Å². The van der Waals surface area contributed by atoms with Crippen LogP contribution in [0.15, 0.2) is 29.8 Å². The smallest absolute Gasteiger partial charge is 0.328 e. The molecule has 1 aliphatic carbocycles. The normalized spacial score (nSPS) is 20.0. The lowest BCUT2D eigenvalue weighted by atomic mass is 10.0. The summed E-state index contributed by atoms with van der Waals surface area (Å²) in [4.78, 5) is 26.5. The molecule has 23 heavy (non-hydrogen) atoms. The van der Waals surface area contributed by atoms with Crippen LogP contribution in [0.5, 0.6) is 0 Å². The van der Waals surface area contributed by atoms with Crippen molar-refractivity contribution in [3.63, 3.8) is 0 Å². The third-order valence-corrected chi connectivity index (χ3v) is 4.59. The number of esters is 1. The molecule has 0 saturated carbocycles. The fourth-order valence-corrected chi connectivity index (χ4v) is 3.47. The number of ether oxygens (including phenoxy) is 1. The molecule has 1 unspecified atom stereocenters. The Morgan fingerprint density at radius 3 is 2.87 bits per heavy atom. The fraction of sp³-hybridized carbons (Fsp3) is 0.474. The number of rotatable bonds is 4. The van der Waals surface area contributed by atoms with Crippen molar-refractivity contribution in [2.24, 2.45) is 0 Å². The van der Waals surface area contributed by atoms with Gasteiger partial charge >= 0.3 is 5.97 Å². The lowest BCUT2D eigenvalue weighted by molar-refractivity contribution is -0.156. The van der Waals surface area contributed by atoms with Gasteiger partial charge in [0.05, 0.1) is 6.61 Å². The predicted molar refractivity (Wildman–Crippen MR) is 88.7 cm³/mol. The van der Waals surface area contributed by atoms with Crippen molar-refractivity contribution in [1.29, 1.82) is 0 Å². The number of carbonyl (C=O) groups is 2. The van der Waals surface area contributed by atoms with Crippen LogP contribution in [0.4, 0.5) is 0 Å². The van der Waals surface area contributed by atoms with E-state index in [1.165, 1.54) is 11.1 Å². The molecule has 1 aromatic rings.